The summed E-state index contributed by atoms with van der Waals surface area (Å²) in [7, 11) is 0. The summed E-state index contributed by atoms with van der Waals surface area (Å²) in [6.07, 6.45) is 17.7. The summed E-state index contributed by atoms with van der Waals surface area (Å²) in [5.41, 5.74) is 4.92. The van der Waals surface area contributed by atoms with Crippen LogP contribution in [-0.2, 0) is 14.3 Å². The first-order valence-electron chi connectivity index (χ1n) is 17.3. The van der Waals surface area contributed by atoms with Gasteiger partial charge < -0.3 is 29.8 Å². The Morgan fingerprint density at radius 1 is 0.978 bits per heavy atom. The second-order valence-corrected chi connectivity index (χ2v) is 13.0. The van der Waals surface area contributed by atoms with E-state index in [0.29, 0.717) is 12.2 Å². The third-order valence-electron chi connectivity index (χ3n) is 7.11. The van der Waals surface area contributed by atoms with Gasteiger partial charge in [0.05, 0.1) is 30.4 Å². The van der Waals surface area contributed by atoms with Crippen LogP contribution in [0.25, 0.3) is 0 Å². The lowest BCUT2D eigenvalue weighted by atomic mass is 10.0. The molecule has 0 atom stereocenters. The summed E-state index contributed by atoms with van der Waals surface area (Å²) in [4.78, 5) is 11.8. The van der Waals surface area contributed by atoms with Crippen LogP contribution in [-0.4, -0.2) is 30.7 Å². The van der Waals surface area contributed by atoms with Crippen LogP contribution in [0.2, 0.25) is 0 Å². The van der Waals surface area contributed by atoms with Crippen molar-refractivity contribution in [3.63, 3.8) is 0 Å². The number of hydrogen-bond acceptors (Lipinski definition) is 6. The molecule has 1 heterocycles. The average molecular weight is 642 g/mol. The summed E-state index contributed by atoms with van der Waals surface area (Å²) in [6.45, 7) is 31.8. The van der Waals surface area contributed by atoms with Crippen molar-refractivity contribution in [2.75, 3.05) is 18.4 Å². The number of rotatable bonds is 23. The molecule has 0 unspecified atom stereocenters. The summed E-state index contributed by atoms with van der Waals surface area (Å²) in [6, 6.07) is 1.73. The third-order valence-corrected chi connectivity index (χ3v) is 7.11. The number of furan rings is 1. The van der Waals surface area contributed by atoms with Crippen molar-refractivity contribution in [1.82, 2.24) is 10.6 Å². The van der Waals surface area contributed by atoms with E-state index in [1.165, 1.54) is 37.5 Å². The molecule has 1 amide bonds. The van der Waals surface area contributed by atoms with Gasteiger partial charge in [-0.1, -0.05) is 78.2 Å². The molecule has 7 heteroatoms. The zero-order valence-corrected chi connectivity index (χ0v) is 30.8. The molecule has 1 aromatic rings. The lowest BCUT2D eigenvalue weighted by Crippen LogP contribution is -2.28. The first kappa shape index (κ1) is 42.8. The number of unbranched alkanes of at least 4 members (excludes halogenated alkanes) is 5. The van der Waals surface area contributed by atoms with E-state index in [1.54, 1.807) is 12.3 Å². The van der Waals surface area contributed by atoms with Gasteiger partial charge in [0.25, 0.3) is 0 Å². The highest BCUT2D eigenvalue weighted by Crippen LogP contribution is 2.24. The van der Waals surface area contributed by atoms with Crippen LogP contribution in [0.1, 0.15) is 133 Å². The first-order chi connectivity index (χ1) is 21.7. The van der Waals surface area contributed by atoms with Crippen LogP contribution in [0, 0.1) is 0 Å². The molecule has 7 nitrogen and oxygen atoms in total. The maximum absolute atomic E-state index is 11.8. The Balaban J connectivity index is 0.00000222. The van der Waals surface area contributed by atoms with Crippen LogP contribution in [0.4, 0.5) is 5.69 Å². The molecule has 1 aromatic heterocycles. The normalized spacial score (nSPS) is 12.1. The van der Waals surface area contributed by atoms with Gasteiger partial charge in [0.15, 0.2) is 0 Å². The highest BCUT2D eigenvalue weighted by molar-refractivity contribution is 5.91. The van der Waals surface area contributed by atoms with Gasteiger partial charge >= 0.3 is 0 Å². The van der Waals surface area contributed by atoms with Crippen LogP contribution in [0.3, 0.4) is 0 Å². The van der Waals surface area contributed by atoms with Crippen LogP contribution in [0.5, 0.6) is 0 Å². The van der Waals surface area contributed by atoms with Gasteiger partial charge in [-0.25, -0.2) is 0 Å². The monoisotopic (exact) mass is 642 g/mol. The largest absolute Gasteiger partial charge is 0.493 e. The zero-order chi connectivity index (χ0) is 35.0. The number of nitrogens with one attached hydrogen (secondary N) is 3. The SMILES string of the molecule is C=C(C)OC(C)(C)C.C=C(CCCCCCCCNCC(=O)Nc1ccoc1)NC(/C(C)=C\C)=C(/C)C(=C)OC(CCC)CCC. The predicted octanol–water partition coefficient (Wildman–Crippen LogP) is 10.7. The van der Waals surface area contributed by atoms with E-state index in [1.807, 2.05) is 27.7 Å². The molecule has 0 aliphatic heterocycles. The van der Waals surface area contributed by atoms with Gasteiger partial charge in [-0.15, -0.1) is 0 Å². The molecule has 0 aliphatic carbocycles. The fraction of sp³-hybridized carbons (Fsp3) is 0.615. The summed E-state index contributed by atoms with van der Waals surface area (Å²) < 4.78 is 16.5. The van der Waals surface area contributed by atoms with Crippen molar-refractivity contribution in [1.29, 1.82) is 0 Å². The van der Waals surface area contributed by atoms with Crippen molar-refractivity contribution >= 4 is 11.6 Å². The first-order valence-corrected chi connectivity index (χ1v) is 17.3. The maximum Gasteiger partial charge on any atom is 0.238 e. The molecule has 1 rings (SSSR count). The Kier molecular flexibility index (Phi) is 23.2. The number of ether oxygens (including phenoxy) is 2. The van der Waals surface area contributed by atoms with Crippen molar-refractivity contribution in [3.8, 4) is 0 Å². The molecule has 3 N–H and O–H groups in total. The molecule has 0 saturated heterocycles. The zero-order valence-electron chi connectivity index (χ0n) is 30.8. The number of allylic oxidation sites excluding steroid dienone is 5. The van der Waals surface area contributed by atoms with Gasteiger partial charge in [-0.2, -0.15) is 0 Å². The van der Waals surface area contributed by atoms with E-state index < -0.39 is 0 Å². The second kappa shape index (κ2) is 25.0. The standard InChI is InChI=1S/C32H53N3O3.C7H14O/c1-8-17-30(18-9-2)38-28(7)27(6)32(25(4)10-3)34-26(5)19-15-13-11-12-14-16-21-33-23-31(36)35-29-20-22-37-24-29;1-6(2)8-7(3,4)5/h10,20,22,24,30,33-34H,5,7-9,11-19,21,23H2,1-4,6H3,(H,35,36);1H2,2-5H3/b25-10-,32-27-;. The van der Waals surface area contributed by atoms with Gasteiger partial charge in [-0.05, 0) is 98.8 Å². The van der Waals surface area contributed by atoms with E-state index in [0.717, 1.165) is 80.0 Å². The van der Waals surface area contributed by atoms with Crippen LogP contribution in [0.15, 0.2) is 82.9 Å². The number of hydrogen-bond donors (Lipinski definition) is 3. The number of carbonyl (C=O) groups is 1. The predicted molar refractivity (Wildman–Crippen MR) is 196 cm³/mol. The molecule has 0 saturated carbocycles. The fourth-order valence-corrected chi connectivity index (χ4v) is 4.77. The lowest BCUT2D eigenvalue weighted by molar-refractivity contribution is -0.115. The molecular weight excluding hydrogens is 574 g/mol. The quantitative estimate of drug-likeness (QED) is 0.0626. The van der Waals surface area contributed by atoms with Crippen molar-refractivity contribution in [2.45, 2.75) is 145 Å². The Morgan fingerprint density at radius 2 is 1.59 bits per heavy atom. The summed E-state index contributed by atoms with van der Waals surface area (Å²) >= 11 is 0. The Morgan fingerprint density at radius 3 is 2.09 bits per heavy atom. The van der Waals surface area contributed by atoms with Gasteiger partial charge in [0.2, 0.25) is 5.91 Å². The molecule has 262 valence electrons. The molecule has 0 spiro atoms. The number of carbonyl (C=O) groups excluding carboxylic acids is 1. The van der Waals surface area contributed by atoms with E-state index in [2.05, 4.69) is 76.4 Å². The molecule has 0 bridgehead atoms. The molecule has 0 fully saturated rings. The van der Waals surface area contributed by atoms with Gasteiger partial charge in [0.1, 0.15) is 17.6 Å². The summed E-state index contributed by atoms with van der Waals surface area (Å²) in [5.74, 6) is 1.48. The Labute approximate surface area is 282 Å². The highest BCUT2D eigenvalue weighted by Gasteiger charge is 2.15. The van der Waals surface area contributed by atoms with Crippen molar-refractivity contribution in [2.24, 2.45) is 0 Å². The van der Waals surface area contributed by atoms with Crippen molar-refractivity contribution in [3.05, 3.63) is 78.5 Å². The second-order valence-electron chi connectivity index (χ2n) is 13.0. The third kappa shape index (κ3) is 22.3. The highest BCUT2D eigenvalue weighted by atomic mass is 16.5. The van der Waals surface area contributed by atoms with Gasteiger partial charge in [0, 0.05) is 17.0 Å². The smallest absolute Gasteiger partial charge is 0.238 e. The number of amides is 1. The Hall–Kier alpha value is -3.19. The topological polar surface area (TPSA) is 84.8 Å². The molecular formula is C39H67N3O4. The van der Waals surface area contributed by atoms with Crippen molar-refractivity contribution < 1.29 is 18.7 Å². The fourth-order valence-electron chi connectivity index (χ4n) is 4.77. The minimum Gasteiger partial charge on any atom is -0.493 e. The van der Waals surface area contributed by atoms with E-state index in [4.69, 9.17) is 13.9 Å². The molecule has 0 aliphatic rings. The van der Waals surface area contributed by atoms with E-state index in [9.17, 15) is 4.79 Å². The van der Waals surface area contributed by atoms with Crippen LogP contribution >= 0.6 is 0 Å². The van der Waals surface area contributed by atoms with Crippen LogP contribution < -0.4 is 16.0 Å². The minimum absolute atomic E-state index is 0.0490. The van der Waals surface area contributed by atoms with E-state index in [-0.39, 0.29) is 17.6 Å². The molecule has 0 aromatic carbocycles. The molecule has 0 radical (unpaired) electrons. The average Bonchev–Trinajstić information content (AvgIpc) is 3.48. The number of anilines is 1. The Bertz CT molecular complexity index is 1070. The van der Waals surface area contributed by atoms with Gasteiger partial charge in [-0.3, -0.25) is 4.79 Å². The summed E-state index contributed by atoms with van der Waals surface area (Å²) in [5, 5.41) is 9.54. The molecule has 46 heavy (non-hydrogen) atoms. The minimum atomic E-state index is -0.0775. The lowest BCUT2D eigenvalue weighted by Gasteiger charge is -2.23. The van der Waals surface area contributed by atoms with E-state index >= 15 is 0 Å². The maximum atomic E-state index is 11.8.